The first-order valence-electron chi connectivity index (χ1n) is 8.33. The first-order chi connectivity index (χ1) is 10.5. The van der Waals surface area contributed by atoms with Gasteiger partial charge in [0.1, 0.15) is 0 Å². The summed E-state index contributed by atoms with van der Waals surface area (Å²) in [6, 6.07) is 11.0. The molecule has 2 rings (SSSR count). The molecule has 0 saturated carbocycles. The van der Waals surface area contributed by atoms with Crippen LogP contribution in [0.3, 0.4) is 0 Å². The van der Waals surface area contributed by atoms with Crippen molar-refractivity contribution in [3.8, 4) is 0 Å². The number of hydrogen-bond acceptors (Lipinski definition) is 3. The zero-order valence-corrected chi connectivity index (χ0v) is 14.0. The summed E-state index contributed by atoms with van der Waals surface area (Å²) in [5.74, 6) is 0.0770. The number of carbonyl (C=O) groups excluding carboxylic acids is 1. The Hall–Kier alpha value is -1.39. The first-order valence-corrected chi connectivity index (χ1v) is 8.33. The Bertz CT molecular complexity index is 472. The van der Waals surface area contributed by atoms with Crippen LogP contribution >= 0.6 is 0 Å². The van der Waals surface area contributed by atoms with E-state index in [-0.39, 0.29) is 5.91 Å². The summed E-state index contributed by atoms with van der Waals surface area (Å²) in [7, 11) is 0. The molecule has 1 fully saturated rings. The summed E-state index contributed by atoms with van der Waals surface area (Å²) in [6.45, 7) is 8.81. The van der Waals surface area contributed by atoms with E-state index in [4.69, 9.17) is 5.73 Å². The van der Waals surface area contributed by atoms with E-state index in [1.165, 1.54) is 5.56 Å². The lowest BCUT2D eigenvalue weighted by Crippen LogP contribution is -2.54. The molecule has 0 radical (unpaired) electrons. The molecule has 122 valence electrons. The van der Waals surface area contributed by atoms with Crippen LogP contribution in [-0.2, 0) is 11.3 Å². The van der Waals surface area contributed by atoms with Crippen LogP contribution < -0.4 is 5.73 Å². The SMILES string of the molecule is CC(C)N(Cc1ccccc1)[C@H]1CCCN(C(=O)[C@H](C)N)C1. The number of amides is 1. The van der Waals surface area contributed by atoms with E-state index in [0.717, 1.165) is 32.5 Å². The second-order valence-electron chi connectivity index (χ2n) is 6.62. The number of nitrogens with zero attached hydrogens (tertiary/aromatic N) is 2. The molecule has 0 unspecified atom stereocenters. The van der Waals surface area contributed by atoms with Gasteiger partial charge in [0.15, 0.2) is 0 Å². The first kappa shape index (κ1) is 17.0. The molecule has 4 heteroatoms. The Kier molecular flexibility index (Phi) is 5.98. The third kappa shape index (κ3) is 4.31. The van der Waals surface area contributed by atoms with Gasteiger partial charge in [0.05, 0.1) is 6.04 Å². The standard InChI is InChI=1S/C18H29N3O/c1-14(2)21(12-16-8-5-4-6-9-16)17-10-7-11-20(13-17)18(22)15(3)19/h4-6,8-9,14-15,17H,7,10-13,19H2,1-3H3/t15-,17-/m0/s1. The van der Waals surface area contributed by atoms with Crippen molar-refractivity contribution in [2.24, 2.45) is 5.73 Å². The number of carbonyl (C=O) groups is 1. The van der Waals surface area contributed by atoms with Crippen LogP contribution in [0.1, 0.15) is 39.2 Å². The maximum atomic E-state index is 12.2. The predicted molar refractivity (Wildman–Crippen MR) is 90.4 cm³/mol. The number of rotatable bonds is 5. The normalized spacial score (nSPS) is 20.5. The fourth-order valence-electron chi connectivity index (χ4n) is 3.24. The van der Waals surface area contributed by atoms with Gasteiger partial charge in [-0.05, 0) is 39.2 Å². The molecule has 2 atom stereocenters. The fourth-order valence-corrected chi connectivity index (χ4v) is 3.24. The molecule has 0 aromatic heterocycles. The molecule has 1 aliphatic rings. The molecule has 1 heterocycles. The summed E-state index contributed by atoms with van der Waals surface area (Å²) in [5, 5.41) is 0. The van der Waals surface area contributed by atoms with Crippen molar-refractivity contribution in [2.75, 3.05) is 13.1 Å². The summed E-state index contributed by atoms with van der Waals surface area (Å²) in [5.41, 5.74) is 7.09. The zero-order valence-electron chi connectivity index (χ0n) is 14.0. The lowest BCUT2D eigenvalue weighted by atomic mass is 10.0. The van der Waals surface area contributed by atoms with Crippen LogP contribution in [0.15, 0.2) is 30.3 Å². The number of benzene rings is 1. The molecule has 2 N–H and O–H groups in total. The molecule has 1 aromatic carbocycles. The molecule has 1 saturated heterocycles. The average Bonchev–Trinajstić information content (AvgIpc) is 2.52. The molecule has 0 bridgehead atoms. The van der Waals surface area contributed by atoms with Gasteiger partial charge in [0.2, 0.25) is 5.91 Å². The quantitative estimate of drug-likeness (QED) is 0.907. The highest BCUT2D eigenvalue weighted by molar-refractivity contribution is 5.81. The van der Waals surface area contributed by atoms with Crippen molar-refractivity contribution in [1.29, 1.82) is 0 Å². The van der Waals surface area contributed by atoms with Crippen LogP contribution in [0.4, 0.5) is 0 Å². The molecule has 1 amide bonds. The number of piperidine rings is 1. The predicted octanol–water partition coefficient (Wildman–Crippen LogP) is 2.24. The molecular weight excluding hydrogens is 274 g/mol. The lowest BCUT2D eigenvalue weighted by molar-refractivity contribution is -0.134. The second kappa shape index (κ2) is 7.75. The maximum Gasteiger partial charge on any atom is 0.239 e. The second-order valence-corrected chi connectivity index (χ2v) is 6.62. The Balaban J connectivity index is 2.06. The lowest BCUT2D eigenvalue weighted by Gasteiger charge is -2.42. The summed E-state index contributed by atoms with van der Waals surface area (Å²) >= 11 is 0. The summed E-state index contributed by atoms with van der Waals surface area (Å²) < 4.78 is 0. The summed E-state index contributed by atoms with van der Waals surface area (Å²) in [6.07, 6.45) is 2.20. The zero-order chi connectivity index (χ0) is 16.1. The smallest absolute Gasteiger partial charge is 0.239 e. The third-order valence-electron chi connectivity index (χ3n) is 4.44. The average molecular weight is 303 g/mol. The molecule has 0 aliphatic carbocycles. The van der Waals surface area contributed by atoms with Crippen LogP contribution in [0, 0.1) is 0 Å². The fraction of sp³-hybridized carbons (Fsp3) is 0.611. The van der Waals surface area contributed by atoms with Gasteiger partial charge >= 0.3 is 0 Å². The Morgan fingerprint density at radius 2 is 2.00 bits per heavy atom. The van der Waals surface area contributed by atoms with Gasteiger partial charge in [-0.1, -0.05) is 30.3 Å². The van der Waals surface area contributed by atoms with E-state index in [2.05, 4.69) is 43.0 Å². The molecule has 0 spiro atoms. The topological polar surface area (TPSA) is 49.6 Å². The van der Waals surface area contributed by atoms with Crippen molar-refractivity contribution < 1.29 is 4.79 Å². The molecule has 4 nitrogen and oxygen atoms in total. The monoisotopic (exact) mass is 303 g/mol. The minimum absolute atomic E-state index is 0.0770. The van der Waals surface area contributed by atoms with Crippen LogP contribution in [0.2, 0.25) is 0 Å². The Labute approximate surface area is 134 Å². The number of nitrogens with two attached hydrogens (primary N) is 1. The van der Waals surface area contributed by atoms with Gasteiger partial charge in [-0.2, -0.15) is 0 Å². The van der Waals surface area contributed by atoms with Crippen molar-refractivity contribution in [2.45, 2.75) is 58.3 Å². The van der Waals surface area contributed by atoms with Crippen molar-refractivity contribution in [1.82, 2.24) is 9.80 Å². The highest BCUT2D eigenvalue weighted by Gasteiger charge is 2.30. The molecule has 22 heavy (non-hydrogen) atoms. The Morgan fingerprint density at radius 3 is 2.59 bits per heavy atom. The van der Waals surface area contributed by atoms with E-state index in [0.29, 0.717) is 12.1 Å². The van der Waals surface area contributed by atoms with Crippen molar-refractivity contribution >= 4 is 5.91 Å². The minimum atomic E-state index is -0.402. The van der Waals surface area contributed by atoms with E-state index in [9.17, 15) is 4.79 Å². The maximum absolute atomic E-state index is 12.2. The van der Waals surface area contributed by atoms with Crippen molar-refractivity contribution in [3.63, 3.8) is 0 Å². The number of likely N-dealkylation sites (tertiary alicyclic amines) is 1. The van der Waals surface area contributed by atoms with Crippen molar-refractivity contribution in [3.05, 3.63) is 35.9 Å². The minimum Gasteiger partial charge on any atom is -0.340 e. The van der Waals surface area contributed by atoms with Crippen LogP contribution in [0.5, 0.6) is 0 Å². The molecular formula is C18H29N3O. The van der Waals surface area contributed by atoms with E-state index < -0.39 is 6.04 Å². The van der Waals surface area contributed by atoms with Gasteiger partial charge < -0.3 is 10.6 Å². The van der Waals surface area contributed by atoms with Crippen LogP contribution in [0.25, 0.3) is 0 Å². The highest BCUT2D eigenvalue weighted by atomic mass is 16.2. The van der Waals surface area contributed by atoms with Crippen LogP contribution in [-0.4, -0.2) is 46.9 Å². The van der Waals surface area contributed by atoms with Gasteiger partial charge in [0, 0.05) is 31.7 Å². The van der Waals surface area contributed by atoms with Gasteiger partial charge in [-0.3, -0.25) is 9.69 Å². The Morgan fingerprint density at radius 1 is 1.32 bits per heavy atom. The van der Waals surface area contributed by atoms with E-state index >= 15 is 0 Å². The molecule has 1 aromatic rings. The summed E-state index contributed by atoms with van der Waals surface area (Å²) in [4.78, 5) is 16.6. The number of hydrogen-bond donors (Lipinski definition) is 1. The van der Waals surface area contributed by atoms with Gasteiger partial charge in [0.25, 0.3) is 0 Å². The van der Waals surface area contributed by atoms with E-state index in [1.807, 2.05) is 11.0 Å². The van der Waals surface area contributed by atoms with E-state index in [1.54, 1.807) is 6.92 Å². The third-order valence-corrected chi connectivity index (χ3v) is 4.44. The largest absolute Gasteiger partial charge is 0.340 e. The molecule has 1 aliphatic heterocycles. The van der Waals surface area contributed by atoms with Gasteiger partial charge in [-0.15, -0.1) is 0 Å². The van der Waals surface area contributed by atoms with Gasteiger partial charge in [-0.25, -0.2) is 0 Å². The highest BCUT2D eigenvalue weighted by Crippen LogP contribution is 2.21.